The minimum absolute atomic E-state index is 0.133. The molecule has 0 fully saturated rings. The molecule has 6 heteroatoms. The number of nitrogen functional groups attached to an aromatic ring is 1. The van der Waals surface area contributed by atoms with Gasteiger partial charge in [-0.25, -0.2) is 8.42 Å². The lowest BCUT2D eigenvalue weighted by Crippen LogP contribution is -2.23. The molecule has 0 heterocycles. The number of amides is 1. The van der Waals surface area contributed by atoms with Gasteiger partial charge in [0.1, 0.15) is 5.75 Å². The summed E-state index contributed by atoms with van der Waals surface area (Å²) < 4.78 is 24.2. The van der Waals surface area contributed by atoms with Crippen LogP contribution in [-0.4, -0.2) is 20.1 Å². The van der Waals surface area contributed by atoms with Crippen molar-refractivity contribution >= 4 is 27.1 Å². The summed E-state index contributed by atoms with van der Waals surface area (Å²) in [5.74, 6) is -1.17. The summed E-state index contributed by atoms with van der Waals surface area (Å²) in [5.41, 5.74) is 7.54. The van der Waals surface area contributed by atoms with E-state index in [0.717, 1.165) is 5.56 Å². The maximum Gasteiger partial charge on any atom is 0.239 e. The molecule has 0 aliphatic heterocycles. The van der Waals surface area contributed by atoms with Crippen LogP contribution in [0.15, 0.2) is 53.4 Å². The highest BCUT2D eigenvalue weighted by Gasteiger charge is 2.19. The van der Waals surface area contributed by atoms with Crippen LogP contribution in [0.25, 0.3) is 0 Å². The average Bonchev–Trinajstić information content (AvgIpc) is 2.42. The largest absolute Gasteiger partial charge is 0.399 e. The summed E-state index contributed by atoms with van der Waals surface area (Å²) in [4.78, 5) is 12.1. The van der Waals surface area contributed by atoms with Crippen molar-refractivity contribution in [2.45, 2.75) is 11.8 Å². The molecule has 0 radical (unpaired) electrons. The lowest BCUT2D eigenvalue weighted by Gasteiger charge is -2.09. The number of rotatable bonds is 4. The Bertz CT molecular complexity index is 756. The van der Waals surface area contributed by atoms with Crippen LogP contribution in [0, 0.1) is 6.92 Å². The highest BCUT2D eigenvalue weighted by molar-refractivity contribution is 7.92. The third-order valence-corrected chi connectivity index (χ3v) is 4.58. The first-order valence-electron chi connectivity index (χ1n) is 6.32. The van der Waals surface area contributed by atoms with E-state index in [0.29, 0.717) is 11.4 Å². The Morgan fingerprint density at radius 1 is 1.14 bits per heavy atom. The number of anilines is 2. The van der Waals surface area contributed by atoms with E-state index in [4.69, 9.17) is 5.73 Å². The summed E-state index contributed by atoms with van der Waals surface area (Å²) in [5, 5.41) is 2.59. The topological polar surface area (TPSA) is 89.3 Å². The molecule has 0 saturated carbocycles. The van der Waals surface area contributed by atoms with Gasteiger partial charge in [-0.3, -0.25) is 4.79 Å². The zero-order valence-electron chi connectivity index (χ0n) is 11.5. The lowest BCUT2D eigenvalue weighted by atomic mass is 10.2. The number of benzene rings is 2. The molecule has 0 unspecified atom stereocenters. The van der Waals surface area contributed by atoms with E-state index in [-0.39, 0.29) is 4.90 Å². The molecule has 3 N–H and O–H groups in total. The molecule has 0 saturated heterocycles. The number of hydrogen-bond donors (Lipinski definition) is 2. The van der Waals surface area contributed by atoms with Crippen LogP contribution in [0.3, 0.4) is 0 Å². The Hall–Kier alpha value is -2.34. The Balaban J connectivity index is 2.12. The average molecular weight is 304 g/mol. The minimum atomic E-state index is -3.64. The van der Waals surface area contributed by atoms with Gasteiger partial charge in [0.15, 0.2) is 9.84 Å². The monoisotopic (exact) mass is 304 g/mol. The summed E-state index contributed by atoms with van der Waals surface area (Å²) in [6.45, 7) is 1.79. The molecule has 5 nitrogen and oxygen atoms in total. The SMILES string of the molecule is Cc1cc(N)ccc1NC(=O)CS(=O)(=O)c1ccccc1. The Morgan fingerprint density at radius 3 is 2.43 bits per heavy atom. The molecule has 0 aliphatic carbocycles. The second-order valence-corrected chi connectivity index (χ2v) is 6.68. The van der Waals surface area contributed by atoms with Crippen LogP contribution in [0.1, 0.15) is 5.56 Å². The molecule has 2 aromatic carbocycles. The van der Waals surface area contributed by atoms with Crippen molar-refractivity contribution in [2.24, 2.45) is 0 Å². The first-order valence-corrected chi connectivity index (χ1v) is 7.97. The van der Waals surface area contributed by atoms with Gasteiger partial charge in [0, 0.05) is 11.4 Å². The van der Waals surface area contributed by atoms with Crippen LogP contribution >= 0.6 is 0 Å². The number of sulfone groups is 1. The van der Waals surface area contributed by atoms with Crippen LogP contribution in [0.4, 0.5) is 11.4 Å². The van der Waals surface area contributed by atoms with Crippen molar-refractivity contribution in [2.75, 3.05) is 16.8 Å². The number of aryl methyl sites for hydroxylation is 1. The maximum atomic E-state index is 12.1. The van der Waals surface area contributed by atoms with E-state index >= 15 is 0 Å². The van der Waals surface area contributed by atoms with E-state index < -0.39 is 21.5 Å². The molecule has 0 aromatic heterocycles. The quantitative estimate of drug-likeness (QED) is 0.845. The molecule has 2 rings (SSSR count). The minimum Gasteiger partial charge on any atom is -0.399 e. The predicted molar refractivity (Wildman–Crippen MR) is 82.7 cm³/mol. The summed E-state index contributed by atoms with van der Waals surface area (Å²) >= 11 is 0. The van der Waals surface area contributed by atoms with Gasteiger partial charge in [-0.1, -0.05) is 18.2 Å². The second kappa shape index (κ2) is 5.97. The Kier molecular flexibility index (Phi) is 4.28. The first kappa shape index (κ1) is 15.1. The van der Waals surface area contributed by atoms with Crippen LogP contribution in [-0.2, 0) is 14.6 Å². The van der Waals surface area contributed by atoms with Crippen LogP contribution in [0.2, 0.25) is 0 Å². The van der Waals surface area contributed by atoms with Gasteiger partial charge in [0.25, 0.3) is 0 Å². The molecular weight excluding hydrogens is 288 g/mol. The zero-order chi connectivity index (χ0) is 15.5. The fraction of sp³-hybridized carbons (Fsp3) is 0.133. The second-order valence-electron chi connectivity index (χ2n) is 4.69. The lowest BCUT2D eigenvalue weighted by molar-refractivity contribution is -0.113. The van der Waals surface area contributed by atoms with Gasteiger partial charge in [-0.05, 0) is 42.8 Å². The summed E-state index contributed by atoms with van der Waals surface area (Å²) in [6.07, 6.45) is 0. The first-order chi connectivity index (χ1) is 9.88. The molecule has 1 amide bonds. The van der Waals surface area contributed by atoms with Gasteiger partial charge < -0.3 is 11.1 Å². The molecule has 0 spiro atoms. The van der Waals surface area contributed by atoms with Gasteiger partial charge in [0.05, 0.1) is 4.90 Å². The standard InChI is InChI=1S/C15H16N2O3S/c1-11-9-12(16)7-8-14(11)17-15(18)10-21(19,20)13-5-3-2-4-6-13/h2-9H,10,16H2,1H3,(H,17,18). The van der Waals surface area contributed by atoms with E-state index in [1.807, 2.05) is 0 Å². The van der Waals surface area contributed by atoms with Crippen molar-refractivity contribution in [1.82, 2.24) is 0 Å². The molecule has 0 atom stereocenters. The van der Waals surface area contributed by atoms with Crippen molar-refractivity contribution in [3.63, 3.8) is 0 Å². The third-order valence-electron chi connectivity index (χ3n) is 2.95. The van der Waals surface area contributed by atoms with Crippen LogP contribution < -0.4 is 11.1 Å². The molecule has 21 heavy (non-hydrogen) atoms. The highest BCUT2D eigenvalue weighted by Crippen LogP contribution is 2.18. The van der Waals surface area contributed by atoms with E-state index in [9.17, 15) is 13.2 Å². The van der Waals surface area contributed by atoms with Gasteiger partial charge in [-0.15, -0.1) is 0 Å². The molecule has 2 aromatic rings. The maximum absolute atomic E-state index is 12.1. The molecule has 110 valence electrons. The predicted octanol–water partition coefficient (Wildman–Crippen LogP) is 1.99. The van der Waals surface area contributed by atoms with E-state index in [1.54, 1.807) is 43.3 Å². The van der Waals surface area contributed by atoms with Crippen molar-refractivity contribution in [1.29, 1.82) is 0 Å². The number of carbonyl (C=O) groups is 1. The fourth-order valence-electron chi connectivity index (χ4n) is 1.90. The molecule has 0 bridgehead atoms. The number of carbonyl (C=O) groups excluding carboxylic acids is 1. The molecule has 0 aliphatic rings. The van der Waals surface area contributed by atoms with Crippen molar-refractivity contribution in [3.8, 4) is 0 Å². The Morgan fingerprint density at radius 2 is 1.81 bits per heavy atom. The number of nitrogens with one attached hydrogen (secondary N) is 1. The highest BCUT2D eigenvalue weighted by atomic mass is 32.2. The summed E-state index contributed by atoms with van der Waals surface area (Å²) in [6, 6.07) is 12.9. The number of hydrogen-bond acceptors (Lipinski definition) is 4. The van der Waals surface area contributed by atoms with Gasteiger partial charge in [-0.2, -0.15) is 0 Å². The zero-order valence-corrected chi connectivity index (χ0v) is 12.4. The van der Waals surface area contributed by atoms with Crippen molar-refractivity contribution in [3.05, 3.63) is 54.1 Å². The van der Waals surface area contributed by atoms with Crippen LogP contribution in [0.5, 0.6) is 0 Å². The van der Waals surface area contributed by atoms with Gasteiger partial charge in [0.2, 0.25) is 5.91 Å². The fourth-order valence-corrected chi connectivity index (χ4v) is 3.05. The smallest absolute Gasteiger partial charge is 0.239 e. The third kappa shape index (κ3) is 3.82. The Labute approximate surface area is 123 Å². The van der Waals surface area contributed by atoms with Gasteiger partial charge >= 0.3 is 0 Å². The summed E-state index contributed by atoms with van der Waals surface area (Å²) in [7, 11) is -3.64. The normalized spacial score (nSPS) is 11.1. The molecular formula is C15H16N2O3S. The van der Waals surface area contributed by atoms with E-state index in [1.165, 1.54) is 12.1 Å². The van der Waals surface area contributed by atoms with Crippen molar-refractivity contribution < 1.29 is 13.2 Å². The number of nitrogens with two attached hydrogens (primary N) is 1. The van der Waals surface area contributed by atoms with E-state index in [2.05, 4.69) is 5.32 Å².